The molecule has 0 spiro atoms. The van der Waals surface area contributed by atoms with Crippen LogP contribution in [0.5, 0.6) is 11.5 Å². The van der Waals surface area contributed by atoms with E-state index in [1.165, 1.54) is 12.3 Å². The van der Waals surface area contributed by atoms with E-state index in [1.807, 2.05) is 0 Å². The second-order valence-corrected chi connectivity index (χ2v) is 3.60. The molecule has 0 unspecified atom stereocenters. The van der Waals surface area contributed by atoms with Crippen molar-refractivity contribution in [2.75, 3.05) is 12.4 Å². The number of nitro groups is 1. The van der Waals surface area contributed by atoms with Crippen LogP contribution in [0.25, 0.3) is 0 Å². The van der Waals surface area contributed by atoms with E-state index in [4.69, 9.17) is 4.74 Å². The smallest absolute Gasteiger partial charge is 0.305 e. The number of hydrogen-bond donors (Lipinski definition) is 1. The molecule has 2 rings (SSSR count). The Balaban J connectivity index is 2.23. The molecule has 2 aromatic rings. The van der Waals surface area contributed by atoms with Crippen LogP contribution in [-0.4, -0.2) is 17.0 Å². The zero-order valence-corrected chi connectivity index (χ0v) is 9.96. The first-order valence-corrected chi connectivity index (χ1v) is 5.36. The van der Waals surface area contributed by atoms with Gasteiger partial charge in [-0.05, 0) is 12.1 Å². The predicted octanol–water partition coefficient (Wildman–Crippen LogP) is 2.96. The third-order valence-electron chi connectivity index (χ3n) is 2.34. The lowest BCUT2D eigenvalue weighted by molar-refractivity contribution is -0.387. The Hall–Kier alpha value is -2.70. The van der Waals surface area contributed by atoms with Crippen molar-refractivity contribution in [3.05, 3.63) is 52.5 Å². The number of pyridine rings is 1. The van der Waals surface area contributed by atoms with E-state index in [0.717, 1.165) is 12.1 Å². The van der Waals surface area contributed by atoms with Crippen molar-refractivity contribution in [3.63, 3.8) is 0 Å². The number of benzene rings is 1. The number of hydrogen-bond acceptors (Lipinski definition) is 5. The second kappa shape index (κ2) is 5.30. The van der Waals surface area contributed by atoms with Crippen LogP contribution in [0.1, 0.15) is 0 Å². The Morgan fingerprint density at radius 3 is 2.68 bits per heavy atom. The summed E-state index contributed by atoms with van der Waals surface area (Å²) in [4.78, 5) is 13.7. The van der Waals surface area contributed by atoms with Gasteiger partial charge in [0.05, 0.1) is 4.92 Å². The van der Waals surface area contributed by atoms with Crippen molar-refractivity contribution in [2.45, 2.75) is 0 Å². The van der Waals surface area contributed by atoms with E-state index in [9.17, 15) is 14.5 Å². The molecule has 0 fully saturated rings. The molecule has 1 N–H and O–H groups in total. The molecule has 0 aliphatic carbocycles. The van der Waals surface area contributed by atoms with Gasteiger partial charge in [-0.25, -0.2) is 4.98 Å². The zero-order valence-electron chi connectivity index (χ0n) is 9.96. The fourth-order valence-electron chi connectivity index (χ4n) is 1.45. The summed E-state index contributed by atoms with van der Waals surface area (Å²) in [5.74, 6) is 0.286. The van der Waals surface area contributed by atoms with Crippen LogP contribution >= 0.6 is 0 Å². The lowest BCUT2D eigenvalue weighted by Crippen LogP contribution is -1.94. The lowest BCUT2D eigenvalue weighted by atomic mass is 10.3. The summed E-state index contributed by atoms with van der Waals surface area (Å²) in [7, 11) is 1.71. The summed E-state index contributed by atoms with van der Waals surface area (Å²) in [5.41, 5.74) is -0.585. The summed E-state index contributed by atoms with van der Waals surface area (Å²) in [6.45, 7) is 0. The summed E-state index contributed by atoms with van der Waals surface area (Å²) < 4.78 is 18.8. The Kier molecular flexibility index (Phi) is 3.56. The van der Waals surface area contributed by atoms with Crippen LogP contribution in [-0.2, 0) is 0 Å². The Labute approximate surface area is 108 Å². The molecule has 0 amide bonds. The zero-order chi connectivity index (χ0) is 13.8. The SMILES string of the molecule is CNc1cc(Oc2ccc([N+](=O)[O-])c(F)c2)ccn1. The first kappa shape index (κ1) is 12.7. The largest absolute Gasteiger partial charge is 0.457 e. The molecule has 0 bridgehead atoms. The average Bonchev–Trinajstić information content (AvgIpc) is 2.38. The number of nitrogens with zero attached hydrogens (tertiary/aromatic N) is 2. The Morgan fingerprint density at radius 1 is 1.32 bits per heavy atom. The minimum absolute atomic E-state index is 0.177. The first-order valence-electron chi connectivity index (χ1n) is 5.36. The van der Waals surface area contributed by atoms with Crippen molar-refractivity contribution < 1.29 is 14.1 Å². The molecule has 1 heterocycles. The first-order chi connectivity index (χ1) is 9.10. The maximum absolute atomic E-state index is 13.4. The number of nitro benzene ring substituents is 1. The lowest BCUT2D eigenvalue weighted by Gasteiger charge is -2.07. The Bertz CT molecular complexity index is 619. The maximum Gasteiger partial charge on any atom is 0.305 e. The molecule has 0 saturated heterocycles. The molecule has 19 heavy (non-hydrogen) atoms. The molecular weight excluding hydrogens is 253 g/mol. The van der Waals surface area contributed by atoms with E-state index < -0.39 is 16.4 Å². The standard InChI is InChI=1S/C12H10FN3O3/c1-14-12-7-9(4-5-15-12)19-8-2-3-11(16(17)18)10(13)6-8/h2-7H,1H3,(H,14,15). The molecule has 1 aromatic carbocycles. The highest BCUT2D eigenvalue weighted by Gasteiger charge is 2.14. The van der Waals surface area contributed by atoms with Gasteiger partial charge in [-0.15, -0.1) is 0 Å². The van der Waals surface area contributed by atoms with E-state index in [1.54, 1.807) is 19.2 Å². The van der Waals surface area contributed by atoms with Crippen molar-refractivity contribution in [2.24, 2.45) is 0 Å². The van der Waals surface area contributed by atoms with Crippen LogP contribution in [0.2, 0.25) is 0 Å². The fourth-order valence-corrected chi connectivity index (χ4v) is 1.45. The van der Waals surface area contributed by atoms with E-state index in [-0.39, 0.29) is 5.75 Å². The number of aromatic nitrogens is 1. The molecule has 1 aromatic heterocycles. The van der Waals surface area contributed by atoms with Gasteiger partial charge in [0.25, 0.3) is 0 Å². The highest BCUT2D eigenvalue weighted by Crippen LogP contribution is 2.27. The van der Waals surface area contributed by atoms with Gasteiger partial charge in [-0.2, -0.15) is 4.39 Å². The van der Waals surface area contributed by atoms with Crippen molar-refractivity contribution in [1.29, 1.82) is 0 Å². The monoisotopic (exact) mass is 263 g/mol. The molecule has 0 radical (unpaired) electrons. The topological polar surface area (TPSA) is 77.3 Å². The second-order valence-electron chi connectivity index (χ2n) is 3.60. The van der Waals surface area contributed by atoms with Gasteiger partial charge in [0.2, 0.25) is 5.82 Å². The number of anilines is 1. The minimum Gasteiger partial charge on any atom is -0.457 e. The summed E-state index contributed by atoms with van der Waals surface area (Å²) in [5, 5.41) is 13.3. The van der Waals surface area contributed by atoms with Crippen LogP contribution in [0.3, 0.4) is 0 Å². The molecular formula is C12H10FN3O3. The third kappa shape index (κ3) is 2.95. The van der Waals surface area contributed by atoms with Crippen LogP contribution < -0.4 is 10.1 Å². The molecule has 0 aliphatic heterocycles. The molecule has 0 saturated carbocycles. The van der Waals surface area contributed by atoms with Crippen molar-refractivity contribution >= 4 is 11.5 Å². The molecule has 0 atom stereocenters. The van der Waals surface area contributed by atoms with E-state index in [2.05, 4.69) is 10.3 Å². The number of halogens is 1. The van der Waals surface area contributed by atoms with Crippen LogP contribution in [0, 0.1) is 15.9 Å². The Morgan fingerprint density at radius 2 is 2.05 bits per heavy atom. The molecule has 6 nitrogen and oxygen atoms in total. The van der Waals surface area contributed by atoms with E-state index >= 15 is 0 Å². The quantitative estimate of drug-likeness (QED) is 0.677. The van der Waals surface area contributed by atoms with Gasteiger partial charge >= 0.3 is 5.69 Å². The van der Waals surface area contributed by atoms with Gasteiger partial charge in [-0.3, -0.25) is 10.1 Å². The van der Waals surface area contributed by atoms with Gasteiger partial charge in [0, 0.05) is 31.4 Å². The number of rotatable bonds is 4. The maximum atomic E-state index is 13.4. The normalized spacial score (nSPS) is 10.0. The number of ether oxygens (including phenoxy) is 1. The highest BCUT2D eigenvalue weighted by atomic mass is 19.1. The molecule has 7 heteroatoms. The summed E-state index contributed by atoms with van der Waals surface area (Å²) >= 11 is 0. The molecule has 0 aliphatic rings. The third-order valence-corrected chi connectivity index (χ3v) is 2.34. The van der Waals surface area contributed by atoms with Gasteiger partial charge in [-0.1, -0.05) is 0 Å². The van der Waals surface area contributed by atoms with Crippen molar-refractivity contribution in [3.8, 4) is 11.5 Å². The van der Waals surface area contributed by atoms with Crippen LogP contribution in [0.15, 0.2) is 36.5 Å². The van der Waals surface area contributed by atoms with Gasteiger partial charge in [0.15, 0.2) is 0 Å². The van der Waals surface area contributed by atoms with Gasteiger partial charge < -0.3 is 10.1 Å². The summed E-state index contributed by atoms with van der Waals surface area (Å²) in [6.07, 6.45) is 1.53. The number of nitrogens with one attached hydrogen (secondary N) is 1. The van der Waals surface area contributed by atoms with Crippen LogP contribution in [0.4, 0.5) is 15.9 Å². The van der Waals surface area contributed by atoms with E-state index in [0.29, 0.717) is 11.6 Å². The average molecular weight is 263 g/mol. The molecule has 98 valence electrons. The van der Waals surface area contributed by atoms with Crippen molar-refractivity contribution in [1.82, 2.24) is 4.98 Å². The predicted molar refractivity (Wildman–Crippen MR) is 66.9 cm³/mol. The minimum atomic E-state index is -0.939. The highest BCUT2D eigenvalue weighted by molar-refractivity contribution is 5.43. The summed E-state index contributed by atoms with van der Waals surface area (Å²) in [6, 6.07) is 6.59. The fraction of sp³-hybridized carbons (Fsp3) is 0.0833. The van der Waals surface area contributed by atoms with Gasteiger partial charge in [0.1, 0.15) is 17.3 Å².